The van der Waals surface area contributed by atoms with Crippen LogP contribution in [0.25, 0.3) is 0 Å². The average Bonchev–Trinajstić information content (AvgIpc) is 2.13. The van der Waals surface area contributed by atoms with Gasteiger partial charge < -0.3 is 10.5 Å². The summed E-state index contributed by atoms with van der Waals surface area (Å²) in [4.78, 5) is 12.1. The molecule has 1 atom stereocenters. The summed E-state index contributed by atoms with van der Waals surface area (Å²) in [5.74, 6) is -0.543. The minimum atomic E-state index is -3.18. The third-order valence-electron chi connectivity index (χ3n) is 2.83. The van der Waals surface area contributed by atoms with E-state index in [-0.39, 0.29) is 18.1 Å². The van der Waals surface area contributed by atoms with Crippen LogP contribution in [-0.2, 0) is 19.4 Å². The lowest BCUT2D eigenvalue weighted by molar-refractivity contribution is -0.166. The first-order chi connectivity index (χ1) is 7.60. The van der Waals surface area contributed by atoms with E-state index in [1.807, 2.05) is 0 Å². The Morgan fingerprint density at radius 1 is 1.41 bits per heavy atom. The Morgan fingerprint density at radius 3 is 2.41 bits per heavy atom. The molecule has 0 amide bonds. The van der Waals surface area contributed by atoms with Crippen molar-refractivity contribution in [1.29, 1.82) is 0 Å². The summed E-state index contributed by atoms with van der Waals surface area (Å²) in [7, 11) is -3.18. The lowest BCUT2D eigenvalue weighted by atomic mass is 9.85. The highest BCUT2D eigenvalue weighted by molar-refractivity contribution is 7.91. The molecule has 17 heavy (non-hydrogen) atoms. The van der Waals surface area contributed by atoms with Crippen molar-refractivity contribution in [3.05, 3.63) is 0 Å². The molecule has 0 aromatic heterocycles. The van der Waals surface area contributed by atoms with Gasteiger partial charge in [-0.15, -0.1) is 0 Å². The lowest BCUT2D eigenvalue weighted by Gasteiger charge is -2.35. The summed E-state index contributed by atoms with van der Waals surface area (Å²) in [5.41, 5.74) is 3.94. The lowest BCUT2D eigenvalue weighted by Crippen LogP contribution is -2.50. The van der Waals surface area contributed by atoms with Crippen molar-refractivity contribution in [3.63, 3.8) is 0 Å². The fourth-order valence-electron chi connectivity index (χ4n) is 1.99. The molecule has 0 spiro atoms. The van der Waals surface area contributed by atoms with Gasteiger partial charge >= 0.3 is 5.97 Å². The van der Waals surface area contributed by atoms with Crippen molar-refractivity contribution in [2.45, 2.75) is 39.2 Å². The monoisotopic (exact) mass is 263 g/mol. The Bertz CT molecular complexity index is 396. The number of sulfone groups is 1. The molecule has 0 saturated carbocycles. The Labute approximate surface area is 103 Å². The first-order valence-electron chi connectivity index (χ1n) is 5.74. The van der Waals surface area contributed by atoms with Crippen LogP contribution in [0, 0.1) is 5.41 Å². The second-order valence-electron chi connectivity index (χ2n) is 5.68. The van der Waals surface area contributed by atoms with Gasteiger partial charge in [0.25, 0.3) is 0 Å². The Hall–Kier alpha value is -0.620. The van der Waals surface area contributed by atoms with Crippen molar-refractivity contribution < 1.29 is 17.9 Å². The van der Waals surface area contributed by atoms with Crippen LogP contribution in [0.4, 0.5) is 0 Å². The highest BCUT2D eigenvalue weighted by atomic mass is 32.2. The molecule has 0 aromatic rings. The summed E-state index contributed by atoms with van der Waals surface area (Å²) >= 11 is 0. The fourth-order valence-corrected chi connectivity index (χ4v) is 3.94. The number of hydrogen-bond donors (Lipinski definition) is 1. The van der Waals surface area contributed by atoms with Gasteiger partial charge in [-0.25, -0.2) is 8.42 Å². The van der Waals surface area contributed by atoms with E-state index in [9.17, 15) is 13.2 Å². The van der Waals surface area contributed by atoms with E-state index >= 15 is 0 Å². The van der Waals surface area contributed by atoms with Crippen LogP contribution in [0.1, 0.15) is 33.6 Å². The van der Waals surface area contributed by atoms with E-state index in [0.29, 0.717) is 12.8 Å². The molecule has 0 aromatic carbocycles. The second-order valence-corrected chi connectivity index (χ2v) is 7.87. The maximum atomic E-state index is 12.1. The van der Waals surface area contributed by atoms with Crippen LogP contribution in [0.15, 0.2) is 0 Å². The molecular weight excluding hydrogens is 242 g/mol. The van der Waals surface area contributed by atoms with Gasteiger partial charge in [0.1, 0.15) is 5.60 Å². The topological polar surface area (TPSA) is 86.5 Å². The van der Waals surface area contributed by atoms with Gasteiger partial charge in [0.15, 0.2) is 9.84 Å². The summed E-state index contributed by atoms with van der Waals surface area (Å²) < 4.78 is 28.5. The van der Waals surface area contributed by atoms with E-state index in [1.54, 1.807) is 20.8 Å². The molecule has 1 saturated heterocycles. The number of rotatable bonds is 2. The quantitative estimate of drug-likeness (QED) is 0.732. The molecule has 1 unspecified atom stereocenters. The third kappa shape index (κ3) is 3.67. The molecule has 1 fully saturated rings. The maximum absolute atomic E-state index is 12.1. The Kier molecular flexibility index (Phi) is 3.88. The fraction of sp³-hybridized carbons (Fsp3) is 0.909. The van der Waals surface area contributed by atoms with Gasteiger partial charge in [-0.05, 0) is 33.6 Å². The van der Waals surface area contributed by atoms with Crippen LogP contribution in [0.5, 0.6) is 0 Å². The van der Waals surface area contributed by atoms with Gasteiger partial charge in [-0.1, -0.05) is 0 Å². The molecule has 2 N–H and O–H groups in total. The average molecular weight is 263 g/mol. The first-order valence-corrected chi connectivity index (χ1v) is 7.56. The molecular formula is C11H21NO4S. The number of hydrogen-bond acceptors (Lipinski definition) is 5. The standard InChI is InChI=1S/C11H21NO4S/c1-10(2,3)16-9(13)11(7-12)5-4-6-17(14,15)8-11/h4-8,12H2,1-3H3. The molecule has 0 aliphatic carbocycles. The van der Waals surface area contributed by atoms with Crippen LogP contribution in [0.3, 0.4) is 0 Å². The highest BCUT2D eigenvalue weighted by Crippen LogP contribution is 2.33. The van der Waals surface area contributed by atoms with Crippen molar-refractivity contribution in [1.82, 2.24) is 0 Å². The van der Waals surface area contributed by atoms with Crippen LogP contribution < -0.4 is 5.73 Å². The predicted molar refractivity (Wildman–Crippen MR) is 65.2 cm³/mol. The van der Waals surface area contributed by atoms with Crippen molar-refractivity contribution in [2.75, 3.05) is 18.1 Å². The van der Waals surface area contributed by atoms with Gasteiger partial charge in [0.2, 0.25) is 0 Å². The largest absolute Gasteiger partial charge is 0.459 e. The van der Waals surface area contributed by atoms with E-state index < -0.39 is 26.8 Å². The van der Waals surface area contributed by atoms with Crippen LogP contribution >= 0.6 is 0 Å². The van der Waals surface area contributed by atoms with E-state index in [0.717, 1.165) is 0 Å². The number of nitrogens with two attached hydrogens (primary N) is 1. The Balaban J connectivity index is 2.92. The smallest absolute Gasteiger partial charge is 0.314 e. The van der Waals surface area contributed by atoms with Gasteiger partial charge in [-0.3, -0.25) is 4.79 Å². The minimum Gasteiger partial charge on any atom is -0.459 e. The van der Waals surface area contributed by atoms with Crippen molar-refractivity contribution in [3.8, 4) is 0 Å². The second kappa shape index (κ2) is 4.57. The predicted octanol–water partition coefficient (Wildman–Crippen LogP) is 0.482. The van der Waals surface area contributed by atoms with Crippen molar-refractivity contribution >= 4 is 15.8 Å². The molecule has 1 rings (SSSR count). The summed E-state index contributed by atoms with van der Waals surface area (Å²) in [6.45, 7) is 5.28. The highest BCUT2D eigenvalue weighted by Gasteiger charge is 2.46. The van der Waals surface area contributed by atoms with Crippen LogP contribution in [0.2, 0.25) is 0 Å². The number of ether oxygens (including phenoxy) is 1. The summed E-state index contributed by atoms with van der Waals surface area (Å²) in [5, 5.41) is 0. The van der Waals surface area contributed by atoms with Gasteiger partial charge in [-0.2, -0.15) is 0 Å². The first kappa shape index (κ1) is 14.4. The zero-order valence-electron chi connectivity index (χ0n) is 10.7. The number of carbonyl (C=O) groups is 1. The van der Waals surface area contributed by atoms with Crippen LogP contribution in [-0.4, -0.2) is 38.0 Å². The Morgan fingerprint density at radius 2 is 2.00 bits per heavy atom. The zero-order chi connectivity index (χ0) is 13.3. The number of carbonyl (C=O) groups excluding carboxylic acids is 1. The molecule has 5 nitrogen and oxygen atoms in total. The molecule has 1 heterocycles. The van der Waals surface area contributed by atoms with Crippen molar-refractivity contribution in [2.24, 2.45) is 11.1 Å². The van der Waals surface area contributed by atoms with Gasteiger partial charge in [0.05, 0.1) is 16.9 Å². The third-order valence-corrected chi connectivity index (χ3v) is 4.73. The maximum Gasteiger partial charge on any atom is 0.314 e. The normalized spacial score (nSPS) is 28.7. The summed E-state index contributed by atoms with van der Waals surface area (Å²) in [6.07, 6.45) is 0.955. The molecule has 0 radical (unpaired) electrons. The van der Waals surface area contributed by atoms with E-state index in [4.69, 9.17) is 10.5 Å². The summed E-state index contributed by atoms with van der Waals surface area (Å²) in [6, 6.07) is 0. The minimum absolute atomic E-state index is 0.0150. The molecule has 1 aliphatic rings. The molecule has 100 valence electrons. The SMILES string of the molecule is CC(C)(C)OC(=O)C1(CN)CCCS(=O)(=O)C1. The molecule has 0 bridgehead atoms. The molecule has 6 heteroatoms. The van der Waals surface area contributed by atoms with E-state index in [1.165, 1.54) is 0 Å². The molecule has 1 aliphatic heterocycles. The zero-order valence-corrected chi connectivity index (χ0v) is 11.5. The van der Waals surface area contributed by atoms with Gasteiger partial charge in [0, 0.05) is 6.54 Å². The van der Waals surface area contributed by atoms with E-state index in [2.05, 4.69) is 0 Å². The number of esters is 1.